The van der Waals surface area contributed by atoms with E-state index in [-0.39, 0.29) is 5.97 Å². The minimum atomic E-state index is -0.546. The van der Waals surface area contributed by atoms with Crippen LogP contribution in [0, 0.1) is 0 Å². The van der Waals surface area contributed by atoms with Crippen molar-refractivity contribution >= 4 is 17.7 Å². The van der Waals surface area contributed by atoms with E-state index in [2.05, 4.69) is 4.84 Å². The summed E-state index contributed by atoms with van der Waals surface area (Å²) in [7, 11) is 0. The third kappa shape index (κ3) is 3.97. The summed E-state index contributed by atoms with van der Waals surface area (Å²) in [5, 5.41) is 0. The molecule has 0 saturated heterocycles. The van der Waals surface area contributed by atoms with Gasteiger partial charge >= 0.3 is 5.97 Å². The van der Waals surface area contributed by atoms with Crippen molar-refractivity contribution in [3.63, 3.8) is 0 Å². The number of ether oxygens (including phenoxy) is 1. The Bertz CT molecular complexity index is 165. The van der Waals surface area contributed by atoms with Crippen LogP contribution >= 0.6 is 11.8 Å². The largest absolute Gasteiger partial charge is 0.465 e. The van der Waals surface area contributed by atoms with Gasteiger partial charge in [0.15, 0.2) is 0 Å². The van der Waals surface area contributed by atoms with Gasteiger partial charge in [0.25, 0.3) is 0 Å². The zero-order valence-electron chi connectivity index (χ0n) is 8.33. The fourth-order valence-corrected chi connectivity index (χ4v) is 1.34. The SMILES string of the molecule is CCOC(=O)C(C)(CCON)SC. The lowest BCUT2D eigenvalue weighted by Crippen LogP contribution is -2.35. The molecule has 0 saturated carbocycles. The van der Waals surface area contributed by atoms with E-state index in [1.54, 1.807) is 6.92 Å². The number of hydrogen-bond acceptors (Lipinski definition) is 5. The Morgan fingerprint density at radius 3 is 2.62 bits per heavy atom. The molecule has 0 heterocycles. The lowest BCUT2D eigenvalue weighted by atomic mass is 10.1. The summed E-state index contributed by atoms with van der Waals surface area (Å²) in [6.07, 6.45) is 2.43. The highest BCUT2D eigenvalue weighted by atomic mass is 32.2. The number of rotatable bonds is 6. The van der Waals surface area contributed by atoms with Crippen LogP contribution in [0.4, 0.5) is 0 Å². The molecule has 5 heteroatoms. The molecule has 0 rings (SSSR count). The first-order valence-corrected chi connectivity index (χ1v) is 5.37. The van der Waals surface area contributed by atoms with Crippen LogP contribution in [0.1, 0.15) is 20.3 Å². The summed E-state index contributed by atoms with van der Waals surface area (Å²) in [6, 6.07) is 0. The molecule has 0 fully saturated rings. The monoisotopic (exact) mass is 207 g/mol. The van der Waals surface area contributed by atoms with Gasteiger partial charge < -0.3 is 9.57 Å². The minimum absolute atomic E-state index is 0.209. The van der Waals surface area contributed by atoms with Crippen LogP contribution < -0.4 is 5.90 Å². The molecule has 2 N–H and O–H groups in total. The molecule has 0 aliphatic heterocycles. The lowest BCUT2D eigenvalue weighted by molar-refractivity contribution is -0.146. The van der Waals surface area contributed by atoms with E-state index >= 15 is 0 Å². The molecule has 0 aromatic heterocycles. The molecule has 1 atom stereocenters. The molecule has 1 unspecified atom stereocenters. The van der Waals surface area contributed by atoms with Crippen LogP contribution in [0.15, 0.2) is 0 Å². The summed E-state index contributed by atoms with van der Waals surface area (Å²) in [5.74, 6) is 4.69. The first-order valence-electron chi connectivity index (χ1n) is 4.14. The van der Waals surface area contributed by atoms with Gasteiger partial charge in [-0.2, -0.15) is 0 Å². The van der Waals surface area contributed by atoms with E-state index in [0.29, 0.717) is 19.6 Å². The number of hydrogen-bond donors (Lipinski definition) is 1. The molecule has 0 aromatic carbocycles. The standard InChI is InChI=1S/C8H17NO3S/c1-4-11-7(10)8(2,13-3)5-6-12-9/h4-6,9H2,1-3H3. The second-order valence-electron chi connectivity index (χ2n) is 2.78. The highest BCUT2D eigenvalue weighted by molar-refractivity contribution is 8.00. The Balaban J connectivity index is 4.16. The van der Waals surface area contributed by atoms with E-state index in [4.69, 9.17) is 10.6 Å². The zero-order chi connectivity index (χ0) is 10.3. The molecular formula is C8H17NO3S. The fraction of sp³-hybridized carbons (Fsp3) is 0.875. The predicted octanol–water partition coefficient (Wildman–Crippen LogP) is 0.952. The summed E-state index contributed by atoms with van der Waals surface area (Å²) >= 11 is 1.45. The van der Waals surface area contributed by atoms with Crippen LogP contribution in [0.2, 0.25) is 0 Å². The van der Waals surface area contributed by atoms with Gasteiger partial charge in [-0.15, -0.1) is 11.8 Å². The molecule has 0 amide bonds. The maximum atomic E-state index is 11.5. The number of esters is 1. The number of thioether (sulfide) groups is 1. The topological polar surface area (TPSA) is 61.5 Å². The van der Waals surface area contributed by atoms with Gasteiger partial charge in [0.05, 0.1) is 13.2 Å². The molecule has 4 nitrogen and oxygen atoms in total. The molecule has 13 heavy (non-hydrogen) atoms. The van der Waals surface area contributed by atoms with Gasteiger partial charge in [-0.25, -0.2) is 5.90 Å². The number of nitrogens with two attached hydrogens (primary N) is 1. The molecule has 78 valence electrons. The van der Waals surface area contributed by atoms with Gasteiger partial charge in [0.1, 0.15) is 4.75 Å². The Kier molecular flexibility index (Phi) is 6.11. The van der Waals surface area contributed by atoms with Crippen molar-refractivity contribution in [1.29, 1.82) is 0 Å². The smallest absolute Gasteiger partial charge is 0.321 e. The van der Waals surface area contributed by atoms with Crippen LogP contribution in [0.3, 0.4) is 0 Å². The number of carbonyl (C=O) groups is 1. The van der Waals surface area contributed by atoms with Crippen molar-refractivity contribution in [2.45, 2.75) is 25.0 Å². The minimum Gasteiger partial charge on any atom is -0.465 e. The highest BCUT2D eigenvalue weighted by Crippen LogP contribution is 2.27. The van der Waals surface area contributed by atoms with Crippen molar-refractivity contribution in [3.05, 3.63) is 0 Å². The molecule has 0 aliphatic rings. The summed E-state index contributed by atoms with van der Waals surface area (Å²) in [5.41, 5.74) is 0. The van der Waals surface area contributed by atoms with Crippen molar-refractivity contribution in [2.24, 2.45) is 5.90 Å². The Morgan fingerprint density at radius 1 is 1.62 bits per heavy atom. The Labute approximate surface area is 83.1 Å². The quantitative estimate of drug-likeness (QED) is 0.519. The van der Waals surface area contributed by atoms with Crippen molar-refractivity contribution in [1.82, 2.24) is 0 Å². The molecule has 0 aromatic rings. The van der Waals surface area contributed by atoms with Crippen molar-refractivity contribution in [2.75, 3.05) is 19.5 Å². The second kappa shape index (κ2) is 6.23. The van der Waals surface area contributed by atoms with Gasteiger partial charge in [0, 0.05) is 0 Å². The Morgan fingerprint density at radius 2 is 2.23 bits per heavy atom. The van der Waals surface area contributed by atoms with Gasteiger partial charge in [-0.1, -0.05) is 0 Å². The van der Waals surface area contributed by atoms with Crippen molar-refractivity contribution in [3.8, 4) is 0 Å². The van der Waals surface area contributed by atoms with E-state index in [1.807, 2.05) is 13.2 Å². The normalized spacial score (nSPS) is 15.1. The Hall–Kier alpha value is -0.260. The zero-order valence-corrected chi connectivity index (χ0v) is 9.15. The predicted molar refractivity (Wildman–Crippen MR) is 53.3 cm³/mol. The second-order valence-corrected chi connectivity index (χ2v) is 4.09. The average Bonchev–Trinajstić information content (AvgIpc) is 2.14. The van der Waals surface area contributed by atoms with Gasteiger partial charge in [-0.3, -0.25) is 4.79 Å². The highest BCUT2D eigenvalue weighted by Gasteiger charge is 2.33. The van der Waals surface area contributed by atoms with Gasteiger partial charge in [-0.05, 0) is 26.5 Å². The average molecular weight is 207 g/mol. The molecule has 0 radical (unpaired) electrons. The summed E-state index contributed by atoms with van der Waals surface area (Å²) in [6.45, 7) is 4.38. The van der Waals surface area contributed by atoms with E-state index < -0.39 is 4.75 Å². The summed E-state index contributed by atoms with van der Waals surface area (Å²) < 4.78 is 4.39. The lowest BCUT2D eigenvalue weighted by Gasteiger charge is -2.24. The third-order valence-corrected chi connectivity index (χ3v) is 3.13. The van der Waals surface area contributed by atoms with Crippen LogP contribution in [0.5, 0.6) is 0 Å². The molecule has 0 bridgehead atoms. The third-order valence-electron chi connectivity index (χ3n) is 1.85. The van der Waals surface area contributed by atoms with E-state index in [0.717, 1.165) is 0 Å². The first kappa shape index (κ1) is 12.7. The number of carbonyl (C=O) groups excluding carboxylic acids is 1. The fourth-order valence-electron chi connectivity index (χ4n) is 0.825. The van der Waals surface area contributed by atoms with Crippen LogP contribution in [-0.2, 0) is 14.4 Å². The molecule has 0 aliphatic carbocycles. The molecular weight excluding hydrogens is 190 g/mol. The van der Waals surface area contributed by atoms with Gasteiger partial charge in [0.2, 0.25) is 0 Å². The maximum Gasteiger partial charge on any atom is 0.321 e. The van der Waals surface area contributed by atoms with Crippen LogP contribution in [-0.4, -0.2) is 30.2 Å². The maximum absolute atomic E-state index is 11.5. The molecule has 0 spiro atoms. The van der Waals surface area contributed by atoms with E-state index in [1.165, 1.54) is 11.8 Å². The first-order chi connectivity index (χ1) is 6.10. The van der Waals surface area contributed by atoms with Crippen molar-refractivity contribution < 1.29 is 14.4 Å². The van der Waals surface area contributed by atoms with E-state index in [9.17, 15) is 4.79 Å². The van der Waals surface area contributed by atoms with Crippen LogP contribution in [0.25, 0.3) is 0 Å². The summed E-state index contributed by atoms with van der Waals surface area (Å²) in [4.78, 5) is 15.9.